The lowest BCUT2D eigenvalue weighted by Gasteiger charge is -2.27. The Bertz CT molecular complexity index is 299. The maximum atomic E-state index is 11.1. The van der Waals surface area contributed by atoms with Crippen LogP contribution in [0, 0.1) is 12.1 Å². The van der Waals surface area contributed by atoms with Gasteiger partial charge in [-0.2, -0.15) is 0 Å². The molecule has 0 aliphatic heterocycles. The van der Waals surface area contributed by atoms with Crippen molar-refractivity contribution in [1.82, 2.24) is 5.16 Å². The molecule has 0 saturated carbocycles. The second kappa shape index (κ2) is 3.86. The van der Waals surface area contributed by atoms with E-state index in [4.69, 9.17) is 0 Å². The zero-order valence-corrected chi connectivity index (χ0v) is 9.31. The molecular formula is C9H17N3O2. The highest BCUT2D eigenvalue weighted by molar-refractivity contribution is 5.41. The lowest BCUT2D eigenvalue weighted by atomic mass is 10.2. The molecule has 0 unspecified atom stereocenters. The maximum Gasteiger partial charge on any atom is 0.313 e. The largest absolute Gasteiger partial charge is 0.359 e. The fourth-order valence-corrected chi connectivity index (χ4v) is 1.60. The molecule has 0 saturated heterocycles. The number of aromatic nitrogens is 2. The highest BCUT2D eigenvalue weighted by Gasteiger charge is 2.25. The van der Waals surface area contributed by atoms with Crippen molar-refractivity contribution < 1.29 is 9.53 Å². The molecule has 1 heterocycles. The Labute approximate surface area is 83.8 Å². The van der Waals surface area contributed by atoms with Crippen LogP contribution in [0.25, 0.3) is 0 Å². The molecule has 0 spiro atoms. The van der Waals surface area contributed by atoms with Gasteiger partial charge in [0.25, 0.3) is 0 Å². The second-order valence-electron chi connectivity index (χ2n) is 3.93. The van der Waals surface area contributed by atoms with Crippen LogP contribution in [0.5, 0.6) is 0 Å². The molecule has 1 rings (SSSR count). The summed E-state index contributed by atoms with van der Waals surface area (Å²) < 4.78 is 4.55. The highest BCUT2D eigenvalue weighted by atomic mass is 16.8. The van der Waals surface area contributed by atoms with E-state index in [0.717, 1.165) is 0 Å². The molecule has 80 valence electrons. The molecule has 0 aliphatic rings. The maximum absolute atomic E-state index is 11.1. The van der Waals surface area contributed by atoms with Crippen LogP contribution >= 0.6 is 0 Å². The van der Waals surface area contributed by atoms with Crippen molar-refractivity contribution in [3.8, 4) is 0 Å². The molecule has 0 bridgehead atoms. The standard InChI is InChI=1S/C9H17N3O2/c1-6(2)11(7(3)4)9-8(5)12(13)14-10-9/h6-7H,1-5H3. The molecule has 0 amide bonds. The van der Waals surface area contributed by atoms with Gasteiger partial charge in [0.15, 0.2) is 0 Å². The number of nitrogens with zero attached hydrogens (tertiary/aromatic N) is 3. The molecule has 0 aromatic carbocycles. The Morgan fingerprint density at radius 1 is 1.29 bits per heavy atom. The molecular weight excluding hydrogens is 182 g/mol. The number of rotatable bonds is 3. The minimum atomic E-state index is 0.291. The van der Waals surface area contributed by atoms with Crippen LogP contribution in [0.4, 0.5) is 5.82 Å². The van der Waals surface area contributed by atoms with Gasteiger partial charge in [-0.1, -0.05) is 0 Å². The molecule has 1 aromatic rings. The van der Waals surface area contributed by atoms with Crippen LogP contribution in [0.3, 0.4) is 0 Å². The molecule has 0 radical (unpaired) electrons. The van der Waals surface area contributed by atoms with Crippen molar-refractivity contribution in [1.29, 1.82) is 0 Å². The molecule has 1 aromatic heterocycles. The van der Waals surface area contributed by atoms with Crippen molar-refractivity contribution in [2.75, 3.05) is 4.90 Å². The van der Waals surface area contributed by atoms with E-state index in [9.17, 15) is 5.21 Å². The van der Waals surface area contributed by atoms with Gasteiger partial charge in [0.2, 0.25) is 5.69 Å². The Hall–Kier alpha value is -1.26. The van der Waals surface area contributed by atoms with E-state index in [0.29, 0.717) is 28.5 Å². The predicted octanol–water partition coefficient (Wildman–Crippen LogP) is 1.24. The summed E-state index contributed by atoms with van der Waals surface area (Å²) in [7, 11) is 0. The zero-order chi connectivity index (χ0) is 10.9. The van der Waals surface area contributed by atoms with E-state index < -0.39 is 0 Å². The topological polar surface area (TPSA) is 56.2 Å². The molecule has 0 atom stereocenters. The summed E-state index contributed by atoms with van der Waals surface area (Å²) in [6.07, 6.45) is 0. The summed E-state index contributed by atoms with van der Waals surface area (Å²) in [6.45, 7) is 9.94. The van der Waals surface area contributed by atoms with Crippen molar-refractivity contribution in [3.05, 3.63) is 10.9 Å². The van der Waals surface area contributed by atoms with E-state index in [1.54, 1.807) is 6.92 Å². The quantitative estimate of drug-likeness (QED) is 0.687. The van der Waals surface area contributed by atoms with E-state index in [-0.39, 0.29) is 0 Å². The first kappa shape index (κ1) is 10.8. The number of hydrogen-bond donors (Lipinski definition) is 0. The molecule has 5 nitrogen and oxygen atoms in total. The van der Waals surface area contributed by atoms with Crippen molar-refractivity contribution in [3.63, 3.8) is 0 Å². The third-order valence-corrected chi connectivity index (χ3v) is 2.16. The lowest BCUT2D eigenvalue weighted by molar-refractivity contribution is -0.806. The first-order chi connectivity index (χ1) is 6.45. The van der Waals surface area contributed by atoms with Gasteiger partial charge in [0.05, 0.1) is 5.16 Å². The van der Waals surface area contributed by atoms with Gasteiger partial charge >= 0.3 is 5.82 Å². The SMILES string of the molecule is Cc1c(N(C(C)C)C(C)C)no[n+]1[O-]. The summed E-state index contributed by atoms with van der Waals surface area (Å²) in [6, 6.07) is 0.581. The lowest BCUT2D eigenvalue weighted by Crippen LogP contribution is -2.38. The third kappa shape index (κ3) is 1.81. The van der Waals surface area contributed by atoms with Crippen molar-refractivity contribution in [2.24, 2.45) is 0 Å². The zero-order valence-electron chi connectivity index (χ0n) is 9.31. The summed E-state index contributed by atoms with van der Waals surface area (Å²) in [5.41, 5.74) is 0.507. The molecule has 14 heavy (non-hydrogen) atoms. The van der Waals surface area contributed by atoms with Gasteiger partial charge in [-0.05, 0) is 32.6 Å². The molecule has 5 heteroatoms. The second-order valence-corrected chi connectivity index (χ2v) is 3.93. The minimum Gasteiger partial charge on any atom is -0.359 e. The van der Waals surface area contributed by atoms with Gasteiger partial charge < -0.3 is 10.1 Å². The monoisotopic (exact) mass is 199 g/mol. The summed E-state index contributed by atoms with van der Waals surface area (Å²) in [4.78, 5) is 2.49. The third-order valence-electron chi connectivity index (χ3n) is 2.16. The normalized spacial score (nSPS) is 11.4. The fraction of sp³-hybridized carbons (Fsp3) is 0.778. The smallest absolute Gasteiger partial charge is 0.313 e. The van der Waals surface area contributed by atoms with E-state index >= 15 is 0 Å². The summed E-state index contributed by atoms with van der Waals surface area (Å²) in [5.74, 6) is 0.630. The Balaban J connectivity index is 3.05. The van der Waals surface area contributed by atoms with Crippen LogP contribution in [0.2, 0.25) is 0 Å². The van der Waals surface area contributed by atoms with Gasteiger partial charge in [-0.15, -0.1) is 0 Å². The van der Waals surface area contributed by atoms with E-state index in [2.05, 4.69) is 37.5 Å². The Morgan fingerprint density at radius 2 is 1.79 bits per heavy atom. The average molecular weight is 199 g/mol. The number of anilines is 1. The average Bonchev–Trinajstić information content (AvgIpc) is 2.35. The minimum absolute atomic E-state index is 0.291. The molecule has 0 N–H and O–H groups in total. The van der Waals surface area contributed by atoms with Gasteiger partial charge in [-0.3, -0.25) is 4.63 Å². The molecule has 0 aliphatic carbocycles. The predicted molar refractivity (Wildman–Crippen MR) is 53.0 cm³/mol. The van der Waals surface area contributed by atoms with E-state index in [1.807, 2.05) is 4.90 Å². The van der Waals surface area contributed by atoms with Crippen LogP contribution in [-0.4, -0.2) is 17.2 Å². The van der Waals surface area contributed by atoms with Crippen molar-refractivity contribution >= 4 is 5.82 Å². The van der Waals surface area contributed by atoms with Crippen LogP contribution in [0.15, 0.2) is 4.63 Å². The first-order valence-electron chi connectivity index (χ1n) is 4.79. The Morgan fingerprint density at radius 3 is 2.07 bits per heavy atom. The van der Waals surface area contributed by atoms with Crippen LogP contribution in [0.1, 0.15) is 33.4 Å². The van der Waals surface area contributed by atoms with Gasteiger partial charge in [0.1, 0.15) is 0 Å². The fourth-order valence-electron chi connectivity index (χ4n) is 1.60. The molecule has 0 fully saturated rings. The van der Waals surface area contributed by atoms with Crippen LogP contribution < -0.4 is 9.80 Å². The summed E-state index contributed by atoms with van der Waals surface area (Å²) >= 11 is 0. The highest BCUT2D eigenvalue weighted by Crippen LogP contribution is 2.19. The van der Waals surface area contributed by atoms with Gasteiger partial charge in [-0.25, -0.2) is 0 Å². The Kier molecular flexibility index (Phi) is 2.98. The van der Waals surface area contributed by atoms with Crippen molar-refractivity contribution in [2.45, 2.75) is 46.7 Å². The first-order valence-corrected chi connectivity index (χ1v) is 4.79. The summed E-state index contributed by atoms with van der Waals surface area (Å²) in [5, 5.41) is 14.8. The van der Waals surface area contributed by atoms with Crippen LogP contribution in [-0.2, 0) is 0 Å². The number of hydrogen-bond acceptors (Lipinski definition) is 4. The van der Waals surface area contributed by atoms with Gasteiger partial charge in [0, 0.05) is 19.0 Å². The van der Waals surface area contributed by atoms with E-state index in [1.165, 1.54) is 0 Å².